The Balaban J connectivity index is 1.75. The molecule has 2 aromatic rings. The predicted molar refractivity (Wildman–Crippen MR) is 111 cm³/mol. The molecular weight excluding hydrogens is 392 g/mol. The zero-order valence-electron chi connectivity index (χ0n) is 16.9. The van der Waals surface area contributed by atoms with E-state index in [4.69, 9.17) is 9.47 Å². The highest BCUT2D eigenvalue weighted by Crippen LogP contribution is 2.28. The summed E-state index contributed by atoms with van der Waals surface area (Å²) in [7, 11) is 1.14. The van der Waals surface area contributed by atoms with Gasteiger partial charge >= 0.3 is 0 Å². The average Bonchev–Trinajstić information content (AvgIpc) is 2.78. The standard InChI is InChI=1S/C21H26N2O5S/c1-22(17-7-4-8-19(14-17)28-3)21(24)16-6-5-13-23(15-16)29(25,26)20-11-9-18(27-2)10-12-20/h4,7-12,14,16H,5-6,13,15H2,1-3H3/t16-/m1/s1. The van der Waals surface area contributed by atoms with Crippen LogP contribution in [0.2, 0.25) is 0 Å². The van der Waals surface area contributed by atoms with Gasteiger partial charge in [-0.25, -0.2) is 8.42 Å². The van der Waals surface area contributed by atoms with E-state index < -0.39 is 15.9 Å². The van der Waals surface area contributed by atoms with Crippen LogP contribution < -0.4 is 14.4 Å². The number of hydrogen-bond donors (Lipinski definition) is 0. The molecule has 0 aromatic heterocycles. The summed E-state index contributed by atoms with van der Waals surface area (Å²) < 4.78 is 37.8. The Bertz CT molecular complexity index is 959. The first-order chi connectivity index (χ1) is 13.9. The molecule has 1 heterocycles. The van der Waals surface area contributed by atoms with Crippen molar-refractivity contribution in [1.82, 2.24) is 4.31 Å². The molecule has 1 aliphatic heterocycles. The van der Waals surface area contributed by atoms with Crippen LogP contribution in [0.4, 0.5) is 5.69 Å². The van der Waals surface area contributed by atoms with Crippen LogP contribution in [0.3, 0.4) is 0 Å². The van der Waals surface area contributed by atoms with Gasteiger partial charge in [-0.2, -0.15) is 4.31 Å². The van der Waals surface area contributed by atoms with Crippen LogP contribution in [-0.4, -0.2) is 53.0 Å². The predicted octanol–water partition coefficient (Wildman–Crippen LogP) is 2.77. The van der Waals surface area contributed by atoms with Gasteiger partial charge in [-0.15, -0.1) is 0 Å². The second-order valence-electron chi connectivity index (χ2n) is 6.98. The number of hydrogen-bond acceptors (Lipinski definition) is 5. The van der Waals surface area contributed by atoms with Crippen molar-refractivity contribution in [1.29, 1.82) is 0 Å². The molecule has 0 aliphatic carbocycles. The smallest absolute Gasteiger partial charge is 0.243 e. The van der Waals surface area contributed by atoms with Gasteiger partial charge in [0.2, 0.25) is 15.9 Å². The van der Waals surface area contributed by atoms with Crippen molar-refractivity contribution in [2.75, 3.05) is 39.3 Å². The minimum atomic E-state index is -3.67. The molecule has 0 N–H and O–H groups in total. The lowest BCUT2D eigenvalue weighted by molar-refractivity contribution is -0.123. The summed E-state index contributed by atoms with van der Waals surface area (Å²) in [6, 6.07) is 13.5. The molecule has 156 valence electrons. The summed E-state index contributed by atoms with van der Waals surface area (Å²) in [5, 5.41) is 0. The van der Waals surface area contributed by atoms with E-state index in [1.54, 1.807) is 37.3 Å². The Hall–Kier alpha value is -2.58. The molecule has 0 radical (unpaired) electrons. The number of rotatable bonds is 6. The van der Waals surface area contributed by atoms with Crippen molar-refractivity contribution < 1.29 is 22.7 Å². The van der Waals surface area contributed by atoms with Crippen LogP contribution in [0.5, 0.6) is 11.5 Å². The topological polar surface area (TPSA) is 76.2 Å². The second-order valence-corrected chi connectivity index (χ2v) is 8.91. The zero-order valence-corrected chi connectivity index (χ0v) is 17.7. The normalized spacial score (nSPS) is 17.6. The molecule has 0 unspecified atom stereocenters. The number of methoxy groups -OCH3 is 2. The second kappa shape index (κ2) is 8.84. The van der Waals surface area contributed by atoms with Crippen molar-refractivity contribution in [3.05, 3.63) is 48.5 Å². The van der Waals surface area contributed by atoms with Gasteiger partial charge < -0.3 is 14.4 Å². The fourth-order valence-corrected chi connectivity index (χ4v) is 5.00. The Kier molecular flexibility index (Phi) is 6.44. The van der Waals surface area contributed by atoms with Gasteiger partial charge in [-0.05, 0) is 49.2 Å². The van der Waals surface area contributed by atoms with E-state index in [9.17, 15) is 13.2 Å². The molecule has 1 amide bonds. The van der Waals surface area contributed by atoms with Crippen molar-refractivity contribution in [3.8, 4) is 11.5 Å². The molecule has 29 heavy (non-hydrogen) atoms. The summed E-state index contributed by atoms with van der Waals surface area (Å²) >= 11 is 0. The molecule has 1 aliphatic rings. The van der Waals surface area contributed by atoms with E-state index in [1.807, 2.05) is 18.2 Å². The third-order valence-corrected chi connectivity index (χ3v) is 7.08. The lowest BCUT2D eigenvalue weighted by Gasteiger charge is -2.33. The number of benzene rings is 2. The van der Waals surface area contributed by atoms with E-state index >= 15 is 0 Å². The maximum Gasteiger partial charge on any atom is 0.243 e. The van der Waals surface area contributed by atoms with Gasteiger partial charge in [0.15, 0.2) is 0 Å². The number of anilines is 1. The first kappa shape index (κ1) is 21.1. The molecule has 1 atom stereocenters. The van der Waals surface area contributed by atoms with E-state index in [1.165, 1.54) is 23.5 Å². The van der Waals surface area contributed by atoms with Gasteiger partial charge in [-0.1, -0.05) is 6.07 Å². The summed E-state index contributed by atoms with van der Waals surface area (Å²) in [5.41, 5.74) is 0.712. The van der Waals surface area contributed by atoms with E-state index in [2.05, 4.69) is 0 Å². The molecule has 0 bridgehead atoms. The quantitative estimate of drug-likeness (QED) is 0.721. The third-order valence-electron chi connectivity index (χ3n) is 5.20. The van der Waals surface area contributed by atoms with Crippen LogP contribution in [0.15, 0.2) is 53.4 Å². The minimum Gasteiger partial charge on any atom is -0.497 e. The summed E-state index contributed by atoms with van der Waals surface area (Å²) in [6.07, 6.45) is 1.29. The highest BCUT2D eigenvalue weighted by atomic mass is 32.2. The zero-order chi connectivity index (χ0) is 21.0. The number of carbonyl (C=O) groups is 1. The molecule has 3 rings (SSSR count). The van der Waals surface area contributed by atoms with E-state index in [-0.39, 0.29) is 17.3 Å². The molecule has 2 aromatic carbocycles. The Morgan fingerprint density at radius 2 is 1.76 bits per heavy atom. The molecule has 0 saturated carbocycles. The van der Waals surface area contributed by atoms with Gasteiger partial charge in [0.1, 0.15) is 11.5 Å². The van der Waals surface area contributed by atoms with Crippen molar-refractivity contribution >= 4 is 21.6 Å². The molecule has 1 saturated heterocycles. The maximum atomic E-state index is 13.0. The summed E-state index contributed by atoms with van der Waals surface area (Å²) in [6.45, 7) is 0.572. The number of nitrogens with zero attached hydrogens (tertiary/aromatic N) is 2. The van der Waals surface area contributed by atoms with Crippen molar-refractivity contribution in [3.63, 3.8) is 0 Å². The molecular formula is C21H26N2O5S. The largest absolute Gasteiger partial charge is 0.497 e. The third kappa shape index (κ3) is 4.54. The average molecular weight is 419 g/mol. The van der Waals surface area contributed by atoms with Crippen molar-refractivity contribution in [2.45, 2.75) is 17.7 Å². The summed E-state index contributed by atoms with van der Waals surface area (Å²) in [5.74, 6) is 0.755. The number of sulfonamides is 1. The van der Waals surface area contributed by atoms with Crippen LogP contribution >= 0.6 is 0 Å². The Morgan fingerprint density at radius 1 is 1.07 bits per heavy atom. The number of piperidine rings is 1. The fourth-order valence-electron chi connectivity index (χ4n) is 3.48. The van der Waals surface area contributed by atoms with E-state index in [0.29, 0.717) is 36.6 Å². The molecule has 8 heteroatoms. The van der Waals surface area contributed by atoms with E-state index in [0.717, 1.165) is 0 Å². The summed E-state index contributed by atoms with van der Waals surface area (Å²) in [4.78, 5) is 14.8. The maximum absolute atomic E-state index is 13.0. The molecule has 7 nitrogen and oxygen atoms in total. The number of ether oxygens (including phenoxy) is 2. The van der Waals surface area contributed by atoms with Crippen LogP contribution in [-0.2, 0) is 14.8 Å². The Morgan fingerprint density at radius 3 is 2.41 bits per heavy atom. The van der Waals surface area contributed by atoms with Crippen LogP contribution in [0.25, 0.3) is 0 Å². The first-order valence-corrected chi connectivity index (χ1v) is 10.9. The molecule has 0 spiro atoms. The lowest BCUT2D eigenvalue weighted by atomic mass is 9.98. The lowest BCUT2D eigenvalue weighted by Crippen LogP contribution is -2.45. The van der Waals surface area contributed by atoms with Gasteiger partial charge in [0, 0.05) is 31.9 Å². The van der Waals surface area contributed by atoms with Gasteiger partial charge in [-0.3, -0.25) is 4.79 Å². The van der Waals surface area contributed by atoms with Gasteiger partial charge in [0.25, 0.3) is 0 Å². The minimum absolute atomic E-state index is 0.104. The number of carbonyl (C=O) groups excluding carboxylic acids is 1. The monoisotopic (exact) mass is 418 g/mol. The van der Waals surface area contributed by atoms with Gasteiger partial charge in [0.05, 0.1) is 25.0 Å². The number of amides is 1. The highest BCUT2D eigenvalue weighted by molar-refractivity contribution is 7.89. The SMILES string of the molecule is COc1ccc(S(=O)(=O)N2CCC[C@@H](C(=O)N(C)c3cccc(OC)c3)C2)cc1. The highest BCUT2D eigenvalue weighted by Gasteiger charge is 2.34. The van der Waals surface area contributed by atoms with Crippen LogP contribution in [0, 0.1) is 5.92 Å². The first-order valence-electron chi connectivity index (χ1n) is 9.42. The Labute approximate surface area is 171 Å². The fraction of sp³-hybridized carbons (Fsp3) is 0.381. The molecule has 1 fully saturated rings. The van der Waals surface area contributed by atoms with Crippen molar-refractivity contribution in [2.24, 2.45) is 5.92 Å². The van der Waals surface area contributed by atoms with Crippen LogP contribution in [0.1, 0.15) is 12.8 Å².